The van der Waals surface area contributed by atoms with E-state index in [0.29, 0.717) is 0 Å². The maximum atomic E-state index is 8.68. The maximum Gasteiger partial charge on any atom is 0.0972 e. The predicted octanol–water partition coefficient (Wildman–Crippen LogP) is 7.08. The van der Waals surface area contributed by atoms with Gasteiger partial charge >= 0.3 is 0 Å². The number of allylic oxidation sites excluding steroid dienone is 1. The molecule has 0 spiro atoms. The minimum Gasteiger partial charge on any atom is -0.299 e. The first-order valence-corrected chi connectivity index (χ1v) is 11.7. The smallest absolute Gasteiger partial charge is 0.0972 e. The van der Waals surface area contributed by atoms with Crippen molar-refractivity contribution >= 4 is 50.2 Å². The van der Waals surface area contributed by atoms with Crippen LogP contribution in [0.25, 0.3) is 61.3 Å². The molecule has 1 aliphatic carbocycles. The van der Waals surface area contributed by atoms with E-state index in [-0.39, 0.29) is 11.4 Å². The summed E-state index contributed by atoms with van der Waals surface area (Å²) in [4.78, 5) is 14.6. The molecule has 6 aromatic rings. The average Bonchev–Trinajstić information content (AvgIpc) is 2.94. The van der Waals surface area contributed by atoms with Crippen LogP contribution in [-0.4, -0.2) is 26.4 Å². The van der Waals surface area contributed by atoms with Gasteiger partial charge in [-0.2, -0.15) is 0 Å². The van der Waals surface area contributed by atoms with E-state index in [0.717, 1.165) is 66.4 Å². The zero-order valence-corrected chi connectivity index (χ0v) is 19.2. The number of benzene rings is 3. The first-order valence-electron chi connectivity index (χ1n) is 11.7. The van der Waals surface area contributed by atoms with Gasteiger partial charge in [-0.1, -0.05) is 66.7 Å². The normalized spacial score (nSPS) is 13.0. The van der Waals surface area contributed by atoms with Crippen molar-refractivity contribution in [3.63, 3.8) is 0 Å². The van der Waals surface area contributed by atoms with Crippen molar-refractivity contribution in [2.45, 2.75) is 0 Å². The van der Waals surface area contributed by atoms with Crippen molar-refractivity contribution in [2.75, 3.05) is 0 Å². The van der Waals surface area contributed by atoms with E-state index >= 15 is 0 Å². The Balaban J connectivity index is 1.48. The molecule has 1 aliphatic rings. The van der Waals surface area contributed by atoms with Crippen molar-refractivity contribution < 1.29 is 0 Å². The Morgan fingerprint density at radius 3 is 2.31 bits per heavy atom. The van der Waals surface area contributed by atoms with E-state index in [2.05, 4.69) is 23.2 Å². The molecule has 0 amide bonds. The van der Waals surface area contributed by atoms with Gasteiger partial charge in [0.1, 0.15) is 0 Å². The molecule has 5 nitrogen and oxygen atoms in total. The van der Waals surface area contributed by atoms with Gasteiger partial charge in [-0.25, -0.2) is 9.97 Å². The molecule has 3 heterocycles. The highest BCUT2D eigenvalue weighted by Gasteiger charge is 2.23. The average molecular weight is 462 g/mol. The monoisotopic (exact) mass is 461 g/mol. The Kier molecular flexibility index (Phi) is 4.38. The highest BCUT2D eigenvalue weighted by Crippen LogP contribution is 2.35. The van der Waals surface area contributed by atoms with E-state index in [1.54, 1.807) is 12.3 Å². The minimum atomic E-state index is 0.202. The van der Waals surface area contributed by atoms with Gasteiger partial charge in [0.15, 0.2) is 0 Å². The zero-order valence-electron chi connectivity index (χ0n) is 19.2. The molecule has 2 N–H and O–H groups in total. The lowest BCUT2D eigenvalue weighted by atomic mass is 9.88. The summed E-state index contributed by atoms with van der Waals surface area (Å²) in [6, 6.07) is 28.3. The number of rotatable bonds is 2. The molecular weight excluding hydrogens is 442 g/mol. The lowest BCUT2D eigenvalue weighted by Crippen LogP contribution is -2.17. The largest absolute Gasteiger partial charge is 0.299 e. The van der Waals surface area contributed by atoms with Crippen LogP contribution in [-0.2, 0) is 0 Å². The topological polar surface area (TPSA) is 86.4 Å². The van der Waals surface area contributed by atoms with Crippen LogP contribution in [0.3, 0.4) is 0 Å². The second-order valence-corrected chi connectivity index (χ2v) is 8.88. The number of aromatic nitrogens is 3. The van der Waals surface area contributed by atoms with Crippen LogP contribution < -0.4 is 0 Å². The number of nitrogens with one attached hydrogen (secondary N) is 2. The van der Waals surface area contributed by atoms with Crippen molar-refractivity contribution in [1.29, 1.82) is 10.8 Å². The van der Waals surface area contributed by atoms with Gasteiger partial charge in [-0.3, -0.25) is 15.8 Å². The van der Waals surface area contributed by atoms with Gasteiger partial charge in [0.2, 0.25) is 0 Å². The molecule has 0 fully saturated rings. The Morgan fingerprint density at radius 2 is 1.44 bits per heavy atom. The molecule has 36 heavy (non-hydrogen) atoms. The van der Waals surface area contributed by atoms with Crippen molar-refractivity contribution in [3.8, 4) is 22.5 Å². The SMILES string of the molecule is N=C1C=Cc2c(-c3ccccc3)nc3cc(-c4ccc5ccc6cccnc6c5n4)ccc3c2C1=N. The second-order valence-electron chi connectivity index (χ2n) is 8.88. The van der Waals surface area contributed by atoms with Crippen LogP contribution in [0.1, 0.15) is 11.1 Å². The molecular formula is C31H19N5. The van der Waals surface area contributed by atoms with E-state index in [1.165, 1.54) is 0 Å². The summed E-state index contributed by atoms with van der Waals surface area (Å²) in [5.41, 5.74) is 8.14. The van der Waals surface area contributed by atoms with Gasteiger partial charge in [-0.05, 0) is 30.4 Å². The molecule has 0 saturated heterocycles. The summed E-state index contributed by atoms with van der Waals surface area (Å²) in [6.07, 6.45) is 5.38. The van der Waals surface area contributed by atoms with Crippen LogP contribution >= 0.6 is 0 Å². The number of pyridine rings is 3. The van der Waals surface area contributed by atoms with Crippen LogP contribution in [0.2, 0.25) is 0 Å². The Hall–Kier alpha value is -5.03. The number of nitrogens with zero attached hydrogens (tertiary/aromatic N) is 3. The molecule has 3 aromatic carbocycles. The van der Waals surface area contributed by atoms with Gasteiger partial charge < -0.3 is 0 Å². The summed E-state index contributed by atoms with van der Waals surface area (Å²) in [6.45, 7) is 0. The zero-order chi connectivity index (χ0) is 24.2. The minimum absolute atomic E-state index is 0.202. The molecule has 0 saturated carbocycles. The molecule has 168 valence electrons. The van der Waals surface area contributed by atoms with E-state index < -0.39 is 0 Å². The Bertz CT molecular complexity index is 1920. The van der Waals surface area contributed by atoms with E-state index in [9.17, 15) is 0 Å². The fourth-order valence-electron chi connectivity index (χ4n) is 4.96. The van der Waals surface area contributed by atoms with Crippen LogP contribution in [0, 0.1) is 10.8 Å². The molecule has 0 aliphatic heterocycles. The lowest BCUT2D eigenvalue weighted by Gasteiger charge is -2.19. The molecule has 5 heteroatoms. The third kappa shape index (κ3) is 3.07. The van der Waals surface area contributed by atoms with Crippen molar-refractivity contribution in [3.05, 3.63) is 108 Å². The summed E-state index contributed by atoms with van der Waals surface area (Å²) >= 11 is 0. The first-order chi connectivity index (χ1) is 17.7. The van der Waals surface area contributed by atoms with Crippen LogP contribution in [0.4, 0.5) is 0 Å². The van der Waals surface area contributed by atoms with Crippen molar-refractivity contribution in [2.24, 2.45) is 0 Å². The fraction of sp³-hybridized carbons (Fsp3) is 0. The molecule has 3 aromatic heterocycles. The second kappa shape index (κ2) is 7.75. The number of hydrogen-bond acceptors (Lipinski definition) is 5. The highest BCUT2D eigenvalue weighted by molar-refractivity contribution is 6.54. The van der Waals surface area contributed by atoms with Gasteiger partial charge in [0, 0.05) is 44.6 Å². The third-order valence-electron chi connectivity index (χ3n) is 6.73. The Morgan fingerprint density at radius 1 is 0.639 bits per heavy atom. The third-order valence-corrected chi connectivity index (χ3v) is 6.73. The molecule has 7 rings (SSSR count). The fourth-order valence-corrected chi connectivity index (χ4v) is 4.96. The van der Waals surface area contributed by atoms with Gasteiger partial charge in [0.25, 0.3) is 0 Å². The van der Waals surface area contributed by atoms with Crippen LogP contribution in [0.5, 0.6) is 0 Å². The maximum absolute atomic E-state index is 8.68. The van der Waals surface area contributed by atoms with E-state index in [1.807, 2.05) is 72.8 Å². The Labute approximate surface area is 206 Å². The summed E-state index contributed by atoms with van der Waals surface area (Å²) in [7, 11) is 0. The molecule has 0 radical (unpaired) electrons. The van der Waals surface area contributed by atoms with E-state index in [4.69, 9.17) is 20.8 Å². The molecule has 0 unspecified atom stereocenters. The van der Waals surface area contributed by atoms with Crippen LogP contribution in [0.15, 0.2) is 97.2 Å². The molecule has 0 bridgehead atoms. The highest BCUT2D eigenvalue weighted by atomic mass is 14.8. The summed E-state index contributed by atoms with van der Waals surface area (Å²) in [5, 5.41) is 19.9. The first kappa shape index (κ1) is 20.4. The standard InChI is InChI=1S/C31H19N5/c32-24-14-13-23-27(28(24)33)22-12-10-21(17-26(22)36-29(23)18-5-2-1-3-6-18)25-15-11-20-9-8-19-7-4-16-34-30(19)31(20)35-25/h1-17,32-33H. The van der Waals surface area contributed by atoms with Gasteiger partial charge in [-0.15, -0.1) is 0 Å². The summed E-state index contributed by atoms with van der Waals surface area (Å²) < 4.78 is 0. The quantitative estimate of drug-likeness (QED) is 0.270. The summed E-state index contributed by atoms with van der Waals surface area (Å²) in [5.74, 6) is 0. The van der Waals surface area contributed by atoms with Gasteiger partial charge in [0.05, 0.1) is 39.4 Å². The predicted molar refractivity (Wildman–Crippen MR) is 147 cm³/mol. The van der Waals surface area contributed by atoms with Crippen molar-refractivity contribution in [1.82, 2.24) is 15.0 Å². The lowest BCUT2D eigenvalue weighted by molar-refractivity contribution is 1.35. The number of hydrogen-bond donors (Lipinski definition) is 2. The molecule has 0 atom stereocenters. The number of fused-ring (bicyclic) bond motifs is 6.